The average molecular weight is 312 g/mol. The number of alkyl halides is 3. The van der Waals surface area contributed by atoms with Crippen LogP contribution in [0.2, 0.25) is 0 Å². The van der Waals surface area contributed by atoms with Crippen molar-refractivity contribution in [2.45, 2.75) is 36.9 Å². The highest BCUT2D eigenvalue weighted by atomic mass is 32.2. The maximum absolute atomic E-state index is 12.8. The van der Waals surface area contributed by atoms with Gasteiger partial charge in [-0.05, 0) is 25.0 Å². The van der Waals surface area contributed by atoms with Crippen LogP contribution in [-0.4, -0.2) is 51.9 Å². The van der Waals surface area contributed by atoms with Crippen molar-refractivity contribution in [3.63, 3.8) is 0 Å². The van der Waals surface area contributed by atoms with Gasteiger partial charge in [0, 0.05) is 6.54 Å². The van der Waals surface area contributed by atoms with Gasteiger partial charge >= 0.3 is 12.3 Å². The topological polar surface area (TPSA) is 69.6 Å². The summed E-state index contributed by atoms with van der Waals surface area (Å²) in [6, 6.07) is -0.947. The van der Waals surface area contributed by atoms with Crippen LogP contribution in [-0.2, 0) is 4.79 Å². The number of halogens is 3. The number of nitrogens with zero attached hydrogens (tertiary/aromatic N) is 1. The van der Waals surface area contributed by atoms with Crippen molar-refractivity contribution in [1.29, 1.82) is 0 Å². The number of nitrogens with one attached hydrogen (secondary N) is 1. The monoisotopic (exact) mass is 312 g/mol. The summed E-state index contributed by atoms with van der Waals surface area (Å²) >= 11 is 1.42. The molecule has 0 radical (unpaired) electrons. The average Bonchev–Trinajstić information content (AvgIpc) is 2.48. The Hall–Kier alpha value is -1.12. The van der Waals surface area contributed by atoms with Gasteiger partial charge < -0.3 is 15.3 Å². The molecule has 2 rings (SSSR count). The second kappa shape index (κ2) is 5.71. The van der Waals surface area contributed by atoms with Gasteiger partial charge in [-0.15, -0.1) is 11.8 Å². The van der Waals surface area contributed by atoms with Gasteiger partial charge in [0.25, 0.3) is 0 Å². The Labute approximate surface area is 117 Å². The zero-order valence-electron chi connectivity index (χ0n) is 10.5. The molecule has 0 aliphatic carbocycles. The fraction of sp³-hybridized carbons (Fsp3) is 0.818. The van der Waals surface area contributed by atoms with Crippen LogP contribution in [0.5, 0.6) is 0 Å². The molecule has 2 fully saturated rings. The highest BCUT2D eigenvalue weighted by Gasteiger charge is 2.47. The second-order valence-corrected chi connectivity index (χ2v) is 6.21. The minimum atomic E-state index is -4.32. The van der Waals surface area contributed by atoms with E-state index in [1.807, 2.05) is 0 Å². The summed E-state index contributed by atoms with van der Waals surface area (Å²) in [7, 11) is 0. The van der Waals surface area contributed by atoms with E-state index in [9.17, 15) is 22.8 Å². The molecule has 0 bridgehead atoms. The molecule has 5 nitrogen and oxygen atoms in total. The number of hydrogen-bond donors (Lipinski definition) is 2. The zero-order chi connectivity index (χ0) is 14.9. The van der Waals surface area contributed by atoms with Crippen LogP contribution in [0.4, 0.5) is 18.0 Å². The highest BCUT2D eigenvalue weighted by molar-refractivity contribution is 7.99. The van der Waals surface area contributed by atoms with E-state index in [1.54, 1.807) is 0 Å². The zero-order valence-corrected chi connectivity index (χ0v) is 11.3. The molecule has 2 aliphatic rings. The fourth-order valence-electron chi connectivity index (χ4n) is 2.55. The molecule has 2 unspecified atom stereocenters. The van der Waals surface area contributed by atoms with Gasteiger partial charge in [0.1, 0.15) is 6.04 Å². The first-order valence-corrected chi connectivity index (χ1v) is 7.32. The van der Waals surface area contributed by atoms with Crippen LogP contribution in [0, 0.1) is 5.92 Å². The van der Waals surface area contributed by atoms with Crippen molar-refractivity contribution in [1.82, 2.24) is 10.2 Å². The molecule has 0 aromatic heterocycles. The third-order valence-electron chi connectivity index (χ3n) is 3.59. The molecule has 3 atom stereocenters. The molecule has 0 aromatic rings. The lowest BCUT2D eigenvalue weighted by Gasteiger charge is -2.39. The standard InChI is InChI=1S/C11H15F3N2O3S/c12-11(13,14)6-1-2-8-16(5-6)9(17)7(3-4-20-8)15-10(18)19/h6-8,15H,1-5H2,(H,18,19)/t6?,7?,8-/m0/s1. The van der Waals surface area contributed by atoms with Gasteiger partial charge in [-0.25, -0.2) is 4.79 Å². The third kappa shape index (κ3) is 3.31. The Morgan fingerprint density at radius 2 is 2.05 bits per heavy atom. The predicted molar refractivity (Wildman–Crippen MR) is 66.3 cm³/mol. The van der Waals surface area contributed by atoms with Crippen molar-refractivity contribution >= 4 is 23.8 Å². The van der Waals surface area contributed by atoms with Crippen molar-refractivity contribution in [3.05, 3.63) is 0 Å². The maximum atomic E-state index is 12.8. The summed E-state index contributed by atoms with van der Waals surface area (Å²) in [5, 5.41) is 10.5. The molecule has 20 heavy (non-hydrogen) atoms. The van der Waals surface area contributed by atoms with E-state index in [4.69, 9.17) is 5.11 Å². The summed E-state index contributed by atoms with van der Waals surface area (Å²) in [5.41, 5.74) is 0. The van der Waals surface area contributed by atoms with Crippen LogP contribution in [0.25, 0.3) is 0 Å². The summed E-state index contributed by atoms with van der Waals surface area (Å²) in [5.74, 6) is -1.52. The molecule has 0 aromatic carbocycles. The molecule has 114 valence electrons. The van der Waals surface area contributed by atoms with E-state index in [-0.39, 0.29) is 18.3 Å². The minimum Gasteiger partial charge on any atom is -0.465 e. The van der Waals surface area contributed by atoms with E-state index < -0.39 is 30.1 Å². The number of hydrogen-bond acceptors (Lipinski definition) is 3. The van der Waals surface area contributed by atoms with Crippen LogP contribution >= 0.6 is 11.8 Å². The number of piperidine rings is 1. The lowest BCUT2D eigenvalue weighted by Crippen LogP contribution is -2.54. The maximum Gasteiger partial charge on any atom is 0.405 e. The molecule has 9 heteroatoms. The van der Waals surface area contributed by atoms with Crippen molar-refractivity contribution in [2.75, 3.05) is 12.3 Å². The third-order valence-corrected chi connectivity index (χ3v) is 4.93. The lowest BCUT2D eigenvalue weighted by molar-refractivity contribution is -0.189. The Balaban J connectivity index is 2.12. The number of amides is 2. The summed E-state index contributed by atoms with van der Waals surface area (Å²) in [6.45, 7) is -0.377. The summed E-state index contributed by atoms with van der Waals surface area (Å²) in [4.78, 5) is 24.0. The van der Waals surface area contributed by atoms with Crippen molar-refractivity contribution < 1.29 is 27.9 Å². The first-order chi connectivity index (χ1) is 9.29. The van der Waals surface area contributed by atoms with Crippen LogP contribution in [0.1, 0.15) is 19.3 Å². The molecule has 2 heterocycles. The summed E-state index contributed by atoms with van der Waals surface area (Å²) in [6.07, 6.45) is -5.05. The normalized spacial score (nSPS) is 31.4. The molecule has 0 saturated carbocycles. The van der Waals surface area contributed by atoms with Gasteiger partial charge in [0.15, 0.2) is 0 Å². The largest absolute Gasteiger partial charge is 0.465 e. The molecule has 2 N–H and O–H groups in total. The first-order valence-electron chi connectivity index (χ1n) is 6.27. The number of carbonyl (C=O) groups excluding carboxylic acids is 1. The van der Waals surface area contributed by atoms with Gasteiger partial charge in [-0.3, -0.25) is 4.79 Å². The molecule has 2 aliphatic heterocycles. The van der Waals surface area contributed by atoms with Crippen molar-refractivity contribution in [2.24, 2.45) is 5.92 Å². The fourth-order valence-corrected chi connectivity index (χ4v) is 3.86. The highest BCUT2D eigenvalue weighted by Crippen LogP contribution is 2.39. The van der Waals surface area contributed by atoms with E-state index in [0.717, 1.165) is 0 Å². The quantitative estimate of drug-likeness (QED) is 0.776. The van der Waals surface area contributed by atoms with E-state index in [1.165, 1.54) is 16.7 Å². The molecule has 2 amide bonds. The van der Waals surface area contributed by atoms with E-state index >= 15 is 0 Å². The summed E-state index contributed by atoms with van der Waals surface area (Å²) < 4.78 is 38.3. The van der Waals surface area contributed by atoms with Crippen LogP contribution in [0.3, 0.4) is 0 Å². The van der Waals surface area contributed by atoms with Crippen LogP contribution < -0.4 is 5.32 Å². The number of carbonyl (C=O) groups is 2. The Kier molecular flexibility index (Phi) is 4.36. The lowest BCUT2D eigenvalue weighted by atomic mass is 9.96. The Bertz CT molecular complexity index is 405. The van der Waals surface area contributed by atoms with E-state index in [0.29, 0.717) is 18.6 Å². The number of fused-ring (bicyclic) bond motifs is 1. The van der Waals surface area contributed by atoms with Crippen molar-refractivity contribution in [3.8, 4) is 0 Å². The molecular formula is C11H15F3N2O3S. The second-order valence-electron chi connectivity index (χ2n) is 4.92. The van der Waals surface area contributed by atoms with Gasteiger partial charge in [0.2, 0.25) is 5.91 Å². The van der Waals surface area contributed by atoms with Gasteiger partial charge in [0.05, 0.1) is 11.3 Å². The van der Waals surface area contributed by atoms with Crippen LogP contribution in [0.15, 0.2) is 0 Å². The van der Waals surface area contributed by atoms with Gasteiger partial charge in [-0.2, -0.15) is 13.2 Å². The van der Waals surface area contributed by atoms with Gasteiger partial charge in [-0.1, -0.05) is 0 Å². The minimum absolute atomic E-state index is 0.0158. The number of thioether (sulfide) groups is 1. The smallest absolute Gasteiger partial charge is 0.405 e. The molecular weight excluding hydrogens is 297 g/mol. The first kappa shape index (κ1) is 15.3. The van der Waals surface area contributed by atoms with E-state index in [2.05, 4.69) is 5.32 Å². The predicted octanol–water partition coefficient (Wildman–Crippen LogP) is 1.89. The molecule has 0 spiro atoms. The number of carboxylic acid groups (broad SMARTS) is 1. The molecule has 2 saturated heterocycles. The Morgan fingerprint density at radius 1 is 1.35 bits per heavy atom. The SMILES string of the molecule is O=C(O)NC1CCS[C@H]2CCC(C(F)(F)F)CN2C1=O. The Morgan fingerprint density at radius 3 is 2.65 bits per heavy atom. The number of rotatable bonds is 1.